The lowest BCUT2D eigenvalue weighted by atomic mass is 10.1. The molecule has 2 aliphatic heterocycles. The van der Waals surface area contributed by atoms with Crippen molar-refractivity contribution in [1.29, 1.82) is 0 Å². The maximum Gasteiger partial charge on any atom is 0.326 e. The number of amides is 3. The fourth-order valence-electron chi connectivity index (χ4n) is 4.14. The van der Waals surface area contributed by atoms with Gasteiger partial charge in [-0.2, -0.15) is 5.43 Å². The van der Waals surface area contributed by atoms with E-state index in [0.29, 0.717) is 24.5 Å². The van der Waals surface area contributed by atoms with Gasteiger partial charge in [0.1, 0.15) is 12.4 Å². The molecule has 9 heteroatoms. The van der Waals surface area contributed by atoms with Crippen molar-refractivity contribution in [2.24, 2.45) is 0 Å². The number of nitrogens with zero attached hydrogens (tertiary/aromatic N) is 3. The highest BCUT2D eigenvalue weighted by molar-refractivity contribution is 6.35. The Morgan fingerprint density at radius 3 is 2.29 bits per heavy atom. The van der Waals surface area contributed by atoms with Gasteiger partial charge in [-0.1, -0.05) is 17.7 Å². The maximum absolute atomic E-state index is 13.3. The normalized spacial score (nSPS) is 18.5. The third-order valence-corrected chi connectivity index (χ3v) is 5.53. The van der Waals surface area contributed by atoms with E-state index >= 15 is 0 Å². The molecule has 1 unspecified atom stereocenters. The summed E-state index contributed by atoms with van der Waals surface area (Å²) in [5, 5.41) is 3.89. The molecule has 0 spiro atoms. The van der Waals surface area contributed by atoms with Gasteiger partial charge < -0.3 is 10.2 Å². The first kappa shape index (κ1) is 20.8. The first-order chi connectivity index (χ1) is 14.7. The number of halogens is 1. The summed E-state index contributed by atoms with van der Waals surface area (Å²) in [5.41, 5.74) is 7.31. The molecule has 2 saturated heterocycles. The first-order valence-corrected chi connectivity index (χ1v) is 10.0. The number of hydrogen-bond donors (Lipinski definition) is 2. The Bertz CT molecular complexity index is 1030. The third kappa shape index (κ3) is 3.96. The average Bonchev–Trinajstić information content (AvgIpc) is 3.13. The molecule has 0 aromatic heterocycles. The number of carbonyl (C=O) groups is 3. The fourth-order valence-corrected chi connectivity index (χ4v) is 4.14. The number of hydrazine groups is 1. The van der Waals surface area contributed by atoms with Crippen LogP contribution in [-0.2, 0) is 14.4 Å². The molecule has 2 fully saturated rings. The Balaban J connectivity index is 1.50. The Kier molecular flexibility index (Phi) is 5.36. The summed E-state index contributed by atoms with van der Waals surface area (Å²) >= 11 is 0. The van der Waals surface area contributed by atoms with E-state index in [1.165, 1.54) is 17.0 Å². The van der Waals surface area contributed by atoms with Crippen molar-refractivity contribution in [3.8, 4) is 0 Å². The van der Waals surface area contributed by atoms with Crippen LogP contribution in [0, 0.1) is 26.6 Å². The Morgan fingerprint density at radius 2 is 1.65 bits per heavy atom. The lowest BCUT2D eigenvalue weighted by molar-refractivity contribution is -0.163. The Labute approximate surface area is 179 Å². The number of hydrogen-bond acceptors (Lipinski definition) is 5. The molecule has 0 saturated carbocycles. The second kappa shape index (κ2) is 7.99. The van der Waals surface area contributed by atoms with Crippen LogP contribution in [0.15, 0.2) is 36.4 Å². The zero-order valence-electron chi connectivity index (χ0n) is 17.6. The maximum atomic E-state index is 13.3. The van der Waals surface area contributed by atoms with Crippen molar-refractivity contribution in [2.45, 2.75) is 27.1 Å². The van der Waals surface area contributed by atoms with Gasteiger partial charge in [0, 0.05) is 24.5 Å². The number of fused-ring (bicyclic) bond motifs is 1. The second-order valence-corrected chi connectivity index (χ2v) is 7.88. The molecule has 4 rings (SSSR count). The summed E-state index contributed by atoms with van der Waals surface area (Å²) in [4.78, 5) is 41.1. The van der Waals surface area contributed by atoms with Gasteiger partial charge in [-0.3, -0.25) is 24.3 Å². The number of aryl methyl sites for hydroxylation is 3. The highest BCUT2D eigenvalue weighted by Crippen LogP contribution is 2.26. The summed E-state index contributed by atoms with van der Waals surface area (Å²) in [6.45, 7) is 6.29. The predicted octanol–water partition coefficient (Wildman–Crippen LogP) is 1.67. The van der Waals surface area contributed by atoms with E-state index in [-0.39, 0.29) is 12.4 Å². The molecule has 162 valence electrons. The monoisotopic (exact) mass is 425 g/mol. The van der Waals surface area contributed by atoms with Crippen LogP contribution in [0.4, 0.5) is 15.8 Å². The summed E-state index contributed by atoms with van der Waals surface area (Å²) < 4.78 is 13.3. The van der Waals surface area contributed by atoms with Crippen molar-refractivity contribution in [3.63, 3.8) is 0 Å². The van der Waals surface area contributed by atoms with Crippen molar-refractivity contribution in [2.75, 3.05) is 29.9 Å². The molecule has 0 aliphatic carbocycles. The topological polar surface area (TPSA) is 85.0 Å². The summed E-state index contributed by atoms with van der Waals surface area (Å²) in [7, 11) is 0. The van der Waals surface area contributed by atoms with Crippen LogP contribution in [-0.4, -0.2) is 53.6 Å². The molecule has 0 bridgehead atoms. The molecule has 2 heterocycles. The minimum absolute atomic E-state index is 0.321. The van der Waals surface area contributed by atoms with Gasteiger partial charge in [-0.05, 0) is 56.2 Å². The quantitative estimate of drug-likeness (QED) is 0.728. The van der Waals surface area contributed by atoms with Crippen molar-refractivity contribution >= 4 is 29.1 Å². The SMILES string of the molecule is Cc1cc(C)c(NC(=O)CN2NC3N(CCN3c3ccc(F)cc3)C(=O)C2=O)c(C)c1. The molecule has 2 N–H and O–H groups in total. The smallest absolute Gasteiger partial charge is 0.326 e. The Hall–Kier alpha value is -3.46. The molecule has 2 aromatic carbocycles. The number of benzene rings is 2. The van der Waals surface area contributed by atoms with Gasteiger partial charge in [-0.15, -0.1) is 0 Å². The van der Waals surface area contributed by atoms with Crippen molar-refractivity contribution < 1.29 is 18.8 Å². The highest BCUT2D eigenvalue weighted by atomic mass is 19.1. The fraction of sp³-hybridized carbons (Fsp3) is 0.318. The van der Waals surface area contributed by atoms with Gasteiger partial charge in [0.05, 0.1) is 0 Å². The van der Waals surface area contributed by atoms with Gasteiger partial charge in [-0.25, -0.2) is 4.39 Å². The van der Waals surface area contributed by atoms with Crippen molar-refractivity contribution in [1.82, 2.24) is 15.3 Å². The van der Waals surface area contributed by atoms with E-state index < -0.39 is 24.0 Å². The second-order valence-electron chi connectivity index (χ2n) is 7.88. The first-order valence-electron chi connectivity index (χ1n) is 10.0. The minimum atomic E-state index is -0.787. The molecule has 3 amide bonds. The summed E-state index contributed by atoms with van der Waals surface area (Å²) in [6.07, 6.45) is -0.633. The van der Waals surface area contributed by atoms with Gasteiger partial charge in [0.15, 0.2) is 6.29 Å². The molecular formula is C22H24FN5O3. The number of anilines is 2. The molecule has 0 radical (unpaired) electrons. The lowest BCUT2D eigenvalue weighted by Crippen LogP contribution is -2.68. The van der Waals surface area contributed by atoms with E-state index in [1.54, 1.807) is 12.1 Å². The van der Waals surface area contributed by atoms with E-state index in [1.807, 2.05) is 37.8 Å². The van der Waals surface area contributed by atoms with E-state index in [9.17, 15) is 18.8 Å². The predicted molar refractivity (Wildman–Crippen MR) is 113 cm³/mol. The summed E-state index contributed by atoms with van der Waals surface area (Å²) in [5.74, 6) is -2.24. The van der Waals surface area contributed by atoms with Crippen LogP contribution in [0.25, 0.3) is 0 Å². The average molecular weight is 425 g/mol. The number of rotatable bonds is 4. The van der Waals surface area contributed by atoms with Crippen LogP contribution >= 0.6 is 0 Å². The van der Waals surface area contributed by atoms with E-state index in [0.717, 1.165) is 21.7 Å². The Morgan fingerprint density at radius 1 is 1.03 bits per heavy atom. The number of nitrogens with one attached hydrogen (secondary N) is 2. The molecule has 2 aromatic rings. The van der Waals surface area contributed by atoms with Crippen LogP contribution in [0.1, 0.15) is 16.7 Å². The van der Waals surface area contributed by atoms with E-state index in [2.05, 4.69) is 10.7 Å². The van der Waals surface area contributed by atoms with Crippen LogP contribution in [0.2, 0.25) is 0 Å². The molecule has 8 nitrogen and oxygen atoms in total. The van der Waals surface area contributed by atoms with Gasteiger partial charge in [0.2, 0.25) is 5.91 Å². The van der Waals surface area contributed by atoms with Crippen LogP contribution in [0.5, 0.6) is 0 Å². The van der Waals surface area contributed by atoms with Crippen molar-refractivity contribution in [3.05, 3.63) is 58.9 Å². The molecule has 31 heavy (non-hydrogen) atoms. The van der Waals surface area contributed by atoms with E-state index in [4.69, 9.17) is 0 Å². The minimum Gasteiger partial charge on any atom is -0.336 e. The van der Waals surface area contributed by atoms with Gasteiger partial charge in [0.25, 0.3) is 0 Å². The molecular weight excluding hydrogens is 401 g/mol. The zero-order chi connectivity index (χ0) is 22.3. The lowest BCUT2D eigenvalue weighted by Gasteiger charge is -2.40. The van der Waals surface area contributed by atoms with Crippen LogP contribution < -0.4 is 15.6 Å². The standard InChI is InChI=1S/C22H24FN5O3/c1-13-10-14(2)19(15(3)11-13)24-18(29)12-28-21(31)20(30)27-9-8-26(22(27)25-28)17-6-4-16(23)5-7-17/h4-7,10-11,22,25H,8-9,12H2,1-3H3,(H,24,29). The molecule has 2 aliphatic rings. The summed E-state index contributed by atoms with van der Waals surface area (Å²) in [6, 6.07) is 9.83. The number of carbonyl (C=O) groups excluding carboxylic acids is 3. The van der Waals surface area contributed by atoms with Crippen LogP contribution in [0.3, 0.4) is 0 Å². The van der Waals surface area contributed by atoms with Gasteiger partial charge >= 0.3 is 11.8 Å². The third-order valence-electron chi connectivity index (χ3n) is 5.53. The highest BCUT2D eigenvalue weighted by Gasteiger charge is 2.45. The largest absolute Gasteiger partial charge is 0.336 e. The zero-order valence-corrected chi connectivity index (χ0v) is 17.6. The molecule has 1 atom stereocenters.